The molecule has 0 aromatic heterocycles. The largest absolute Gasteiger partial charge is 0.325 e. The molecule has 0 aliphatic heterocycles. The summed E-state index contributed by atoms with van der Waals surface area (Å²) in [5.41, 5.74) is 0.348. The topological polar surface area (TPSA) is 63.2 Å². The first-order valence-electron chi connectivity index (χ1n) is 5.19. The zero-order valence-electron chi connectivity index (χ0n) is 9.44. The molecule has 0 fully saturated rings. The Morgan fingerprint density at radius 1 is 1.35 bits per heavy atom. The van der Waals surface area contributed by atoms with Gasteiger partial charge < -0.3 is 5.32 Å². The molecule has 0 bridgehead atoms. The van der Waals surface area contributed by atoms with E-state index in [4.69, 9.17) is 0 Å². The van der Waals surface area contributed by atoms with E-state index in [1.54, 1.807) is 25.1 Å². The number of nitrogens with one attached hydrogen (secondary N) is 1. The molecule has 94 valence electrons. The lowest BCUT2D eigenvalue weighted by atomic mass is 10.3. The van der Waals surface area contributed by atoms with Crippen LogP contribution in [0.3, 0.4) is 0 Å². The fourth-order valence-corrected chi connectivity index (χ4v) is 2.71. The number of benzene rings is 1. The molecule has 0 saturated heterocycles. The highest BCUT2D eigenvalue weighted by molar-refractivity contribution is 9.09. The van der Waals surface area contributed by atoms with Crippen LogP contribution in [0.2, 0.25) is 0 Å². The molecule has 0 aliphatic rings. The summed E-state index contributed by atoms with van der Waals surface area (Å²) < 4.78 is 23.6. The maximum absolute atomic E-state index is 11.8. The summed E-state index contributed by atoms with van der Waals surface area (Å²) in [5.74, 6) is -0.196. The summed E-state index contributed by atoms with van der Waals surface area (Å²) in [4.78, 5) is 11.6. The monoisotopic (exact) mass is 319 g/mol. The number of carbonyl (C=O) groups excluding carboxylic acids is 1. The molecular weight excluding hydrogens is 306 g/mol. The normalized spacial score (nSPS) is 11.2. The molecule has 4 nitrogen and oxygen atoms in total. The quantitative estimate of drug-likeness (QED) is 0.846. The van der Waals surface area contributed by atoms with E-state index in [-0.39, 0.29) is 16.6 Å². The maximum Gasteiger partial charge on any atom is 0.225 e. The molecule has 1 rings (SSSR count). The van der Waals surface area contributed by atoms with Crippen molar-refractivity contribution in [2.75, 3.05) is 16.4 Å². The average Bonchev–Trinajstić information content (AvgIpc) is 2.30. The number of halogens is 1. The minimum Gasteiger partial charge on any atom is -0.325 e. The Labute approximate surface area is 109 Å². The van der Waals surface area contributed by atoms with Crippen molar-refractivity contribution >= 4 is 37.4 Å². The van der Waals surface area contributed by atoms with Gasteiger partial charge in [0.1, 0.15) is 0 Å². The van der Waals surface area contributed by atoms with E-state index in [0.717, 1.165) is 0 Å². The Kier molecular flexibility index (Phi) is 5.14. The van der Waals surface area contributed by atoms with E-state index in [9.17, 15) is 13.2 Å². The number of anilines is 1. The number of rotatable bonds is 5. The lowest BCUT2D eigenvalue weighted by molar-refractivity contribution is -0.115. The lowest BCUT2D eigenvalue weighted by Gasteiger charge is -2.10. The number of amides is 1. The van der Waals surface area contributed by atoms with Crippen molar-refractivity contribution in [1.82, 2.24) is 0 Å². The zero-order valence-corrected chi connectivity index (χ0v) is 11.8. The van der Waals surface area contributed by atoms with E-state index in [1.807, 2.05) is 0 Å². The van der Waals surface area contributed by atoms with Crippen molar-refractivity contribution in [3.8, 4) is 0 Å². The molecule has 0 aliphatic carbocycles. The van der Waals surface area contributed by atoms with Crippen molar-refractivity contribution in [3.05, 3.63) is 24.3 Å². The number of para-hydroxylation sites is 1. The highest BCUT2D eigenvalue weighted by Crippen LogP contribution is 2.22. The van der Waals surface area contributed by atoms with Gasteiger partial charge in [0.15, 0.2) is 9.84 Å². The van der Waals surface area contributed by atoms with Crippen molar-refractivity contribution in [2.24, 2.45) is 0 Å². The van der Waals surface area contributed by atoms with E-state index in [0.29, 0.717) is 17.4 Å². The van der Waals surface area contributed by atoms with Gasteiger partial charge in [0, 0.05) is 11.8 Å². The molecule has 0 atom stereocenters. The molecule has 0 heterocycles. The molecule has 1 aromatic rings. The highest BCUT2D eigenvalue weighted by Gasteiger charge is 2.16. The van der Waals surface area contributed by atoms with Crippen LogP contribution in [0.25, 0.3) is 0 Å². The van der Waals surface area contributed by atoms with Crippen molar-refractivity contribution in [2.45, 2.75) is 18.2 Å². The van der Waals surface area contributed by atoms with Gasteiger partial charge >= 0.3 is 0 Å². The van der Waals surface area contributed by atoms with Crippen LogP contribution in [0.15, 0.2) is 29.2 Å². The molecule has 17 heavy (non-hydrogen) atoms. The average molecular weight is 320 g/mol. The van der Waals surface area contributed by atoms with Crippen LogP contribution in [0, 0.1) is 0 Å². The second-order valence-electron chi connectivity index (χ2n) is 3.39. The van der Waals surface area contributed by atoms with Gasteiger partial charge in [-0.05, 0) is 12.1 Å². The predicted octanol–water partition coefficient (Wildman–Crippen LogP) is 2.20. The SMILES string of the molecule is CCS(=O)(=O)c1ccccc1NC(=O)CCBr. The van der Waals surface area contributed by atoms with Crippen LogP contribution >= 0.6 is 15.9 Å². The number of hydrogen-bond donors (Lipinski definition) is 1. The van der Waals surface area contributed by atoms with Crippen LogP contribution in [0.5, 0.6) is 0 Å². The first-order chi connectivity index (χ1) is 8.01. The van der Waals surface area contributed by atoms with E-state index < -0.39 is 9.84 Å². The van der Waals surface area contributed by atoms with Gasteiger partial charge in [0.05, 0.1) is 16.3 Å². The highest BCUT2D eigenvalue weighted by atomic mass is 79.9. The minimum atomic E-state index is -3.32. The lowest BCUT2D eigenvalue weighted by Crippen LogP contribution is -2.15. The summed E-state index contributed by atoms with van der Waals surface area (Å²) >= 11 is 3.16. The predicted molar refractivity (Wildman–Crippen MR) is 71.2 cm³/mol. The Balaban J connectivity index is 3.05. The smallest absolute Gasteiger partial charge is 0.225 e. The first-order valence-corrected chi connectivity index (χ1v) is 7.96. The van der Waals surface area contributed by atoms with Crippen LogP contribution in [0.4, 0.5) is 5.69 Å². The summed E-state index contributed by atoms with van der Waals surface area (Å²) in [6.45, 7) is 1.58. The molecule has 1 N–H and O–H groups in total. The maximum atomic E-state index is 11.8. The molecule has 6 heteroatoms. The Hall–Kier alpha value is -0.880. The van der Waals surface area contributed by atoms with Gasteiger partial charge in [-0.2, -0.15) is 0 Å². The van der Waals surface area contributed by atoms with Gasteiger partial charge in [0.25, 0.3) is 0 Å². The third-order valence-electron chi connectivity index (χ3n) is 2.20. The second kappa shape index (κ2) is 6.16. The third kappa shape index (κ3) is 3.81. The Morgan fingerprint density at radius 2 is 2.00 bits per heavy atom. The fourth-order valence-electron chi connectivity index (χ4n) is 1.30. The first kappa shape index (κ1) is 14.2. The van der Waals surface area contributed by atoms with Gasteiger partial charge in [0.2, 0.25) is 5.91 Å². The van der Waals surface area contributed by atoms with E-state index >= 15 is 0 Å². The molecule has 0 radical (unpaired) electrons. The Morgan fingerprint density at radius 3 is 2.59 bits per heavy atom. The van der Waals surface area contributed by atoms with E-state index in [1.165, 1.54) is 6.07 Å². The molecule has 1 aromatic carbocycles. The molecule has 0 spiro atoms. The van der Waals surface area contributed by atoms with E-state index in [2.05, 4.69) is 21.2 Å². The summed E-state index contributed by atoms with van der Waals surface area (Å²) in [6.07, 6.45) is 0.306. The number of carbonyl (C=O) groups is 1. The molecule has 0 saturated carbocycles. The summed E-state index contributed by atoms with van der Waals surface area (Å²) in [6, 6.07) is 6.43. The molecular formula is C11H14BrNO3S. The number of alkyl halides is 1. The van der Waals surface area contributed by atoms with Crippen molar-refractivity contribution in [3.63, 3.8) is 0 Å². The van der Waals surface area contributed by atoms with Crippen molar-refractivity contribution in [1.29, 1.82) is 0 Å². The van der Waals surface area contributed by atoms with Crippen LogP contribution < -0.4 is 5.32 Å². The van der Waals surface area contributed by atoms with Crippen molar-refractivity contribution < 1.29 is 13.2 Å². The third-order valence-corrected chi connectivity index (χ3v) is 4.38. The second-order valence-corrected chi connectivity index (χ2v) is 6.43. The van der Waals surface area contributed by atoms with Crippen LogP contribution in [-0.4, -0.2) is 25.4 Å². The number of hydrogen-bond acceptors (Lipinski definition) is 3. The Bertz CT molecular complexity index is 499. The van der Waals surface area contributed by atoms with Gasteiger partial charge in [-0.25, -0.2) is 8.42 Å². The molecule has 1 amide bonds. The van der Waals surface area contributed by atoms with Gasteiger partial charge in [-0.1, -0.05) is 35.0 Å². The summed E-state index contributed by atoms with van der Waals surface area (Å²) in [5, 5.41) is 3.15. The van der Waals surface area contributed by atoms with Crippen LogP contribution in [-0.2, 0) is 14.6 Å². The van der Waals surface area contributed by atoms with Crippen LogP contribution in [0.1, 0.15) is 13.3 Å². The molecule has 0 unspecified atom stereocenters. The standard InChI is InChI=1S/C11H14BrNO3S/c1-2-17(15,16)10-6-4-3-5-9(10)13-11(14)7-8-12/h3-6H,2,7-8H2,1H3,(H,13,14). The van der Waals surface area contributed by atoms with Gasteiger partial charge in [-0.3, -0.25) is 4.79 Å². The fraction of sp³-hybridized carbons (Fsp3) is 0.364. The zero-order chi connectivity index (χ0) is 12.9. The summed E-state index contributed by atoms with van der Waals surface area (Å²) in [7, 11) is -3.32. The number of sulfone groups is 1. The minimum absolute atomic E-state index is 0.0122. The van der Waals surface area contributed by atoms with Gasteiger partial charge in [-0.15, -0.1) is 0 Å².